The summed E-state index contributed by atoms with van der Waals surface area (Å²) in [5, 5.41) is 4.09. The molecule has 0 spiro atoms. The molecule has 2 aromatic carbocycles. The zero-order valence-corrected chi connectivity index (χ0v) is 11.9. The molecule has 0 aliphatic carbocycles. The van der Waals surface area contributed by atoms with E-state index < -0.39 is 0 Å². The first-order valence-corrected chi connectivity index (χ1v) is 6.65. The first-order chi connectivity index (χ1) is 10.1. The molecule has 0 unspecified atom stereocenters. The molecule has 21 heavy (non-hydrogen) atoms. The highest BCUT2D eigenvalue weighted by atomic mass is 19.1. The van der Waals surface area contributed by atoms with Crippen molar-refractivity contribution in [2.75, 3.05) is 5.73 Å². The smallest absolute Gasteiger partial charge is 0.230 e. The summed E-state index contributed by atoms with van der Waals surface area (Å²) < 4.78 is 18.7. The second kappa shape index (κ2) is 5.05. The zero-order valence-electron chi connectivity index (χ0n) is 11.9. The van der Waals surface area contributed by atoms with E-state index >= 15 is 0 Å². The third-order valence-corrected chi connectivity index (χ3v) is 3.55. The average Bonchev–Trinajstić information content (AvgIpc) is 2.80. The third-order valence-electron chi connectivity index (χ3n) is 3.55. The van der Waals surface area contributed by atoms with Crippen LogP contribution in [0.1, 0.15) is 11.1 Å². The molecule has 0 aliphatic rings. The van der Waals surface area contributed by atoms with Crippen molar-refractivity contribution in [3.8, 4) is 22.4 Å². The van der Waals surface area contributed by atoms with E-state index in [9.17, 15) is 4.39 Å². The van der Waals surface area contributed by atoms with Crippen molar-refractivity contribution in [2.45, 2.75) is 13.8 Å². The van der Waals surface area contributed by atoms with Gasteiger partial charge in [0.2, 0.25) is 5.88 Å². The molecule has 0 saturated heterocycles. The molecule has 1 heterocycles. The van der Waals surface area contributed by atoms with Crippen molar-refractivity contribution in [1.29, 1.82) is 0 Å². The summed E-state index contributed by atoms with van der Waals surface area (Å²) in [4.78, 5) is 0. The zero-order chi connectivity index (χ0) is 15.0. The summed E-state index contributed by atoms with van der Waals surface area (Å²) in [6.07, 6.45) is 0. The number of benzene rings is 2. The number of halogens is 1. The highest BCUT2D eigenvalue weighted by molar-refractivity contribution is 5.88. The van der Waals surface area contributed by atoms with Gasteiger partial charge in [-0.1, -0.05) is 35.5 Å². The van der Waals surface area contributed by atoms with Gasteiger partial charge in [-0.3, -0.25) is 0 Å². The van der Waals surface area contributed by atoms with Crippen molar-refractivity contribution in [3.63, 3.8) is 0 Å². The lowest BCUT2D eigenvalue weighted by Gasteiger charge is -2.09. The molecule has 3 aromatic rings. The molecule has 0 saturated carbocycles. The lowest BCUT2D eigenvalue weighted by Crippen LogP contribution is -1.92. The molecule has 0 fully saturated rings. The maximum atomic E-state index is 13.5. The summed E-state index contributed by atoms with van der Waals surface area (Å²) in [5.74, 6) is -0.126. The highest BCUT2D eigenvalue weighted by Crippen LogP contribution is 2.38. The molecule has 1 aromatic heterocycles. The van der Waals surface area contributed by atoms with Gasteiger partial charge in [-0.2, -0.15) is 0 Å². The number of hydrogen-bond acceptors (Lipinski definition) is 3. The van der Waals surface area contributed by atoms with E-state index in [1.807, 2.05) is 32.0 Å². The highest BCUT2D eigenvalue weighted by Gasteiger charge is 2.20. The minimum atomic E-state index is -0.319. The molecule has 0 bridgehead atoms. The Morgan fingerprint density at radius 1 is 1.00 bits per heavy atom. The Morgan fingerprint density at radius 2 is 1.67 bits per heavy atom. The second-order valence-electron chi connectivity index (χ2n) is 5.05. The van der Waals surface area contributed by atoms with Crippen molar-refractivity contribution < 1.29 is 8.91 Å². The Labute approximate surface area is 122 Å². The second-order valence-corrected chi connectivity index (χ2v) is 5.05. The fraction of sp³-hybridized carbons (Fsp3) is 0.118. The van der Waals surface area contributed by atoms with E-state index in [0.717, 1.165) is 16.7 Å². The topological polar surface area (TPSA) is 52.0 Å². The number of nitrogens with zero attached hydrogens (tertiary/aromatic N) is 1. The van der Waals surface area contributed by atoms with Crippen molar-refractivity contribution in [3.05, 3.63) is 59.4 Å². The number of anilines is 1. The van der Waals surface area contributed by atoms with Crippen LogP contribution in [0, 0.1) is 19.7 Å². The van der Waals surface area contributed by atoms with Crippen LogP contribution in [0.3, 0.4) is 0 Å². The van der Waals surface area contributed by atoms with Crippen LogP contribution >= 0.6 is 0 Å². The lowest BCUT2D eigenvalue weighted by atomic mass is 9.94. The minimum Gasteiger partial charge on any atom is -0.367 e. The Morgan fingerprint density at radius 3 is 2.33 bits per heavy atom. The number of nitrogen functional groups attached to an aromatic ring is 1. The fourth-order valence-corrected chi connectivity index (χ4v) is 2.58. The van der Waals surface area contributed by atoms with Gasteiger partial charge in [0, 0.05) is 5.56 Å². The molecule has 4 heteroatoms. The van der Waals surface area contributed by atoms with Crippen LogP contribution in [-0.2, 0) is 0 Å². The van der Waals surface area contributed by atoms with Crippen molar-refractivity contribution in [1.82, 2.24) is 5.16 Å². The summed E-state index contributed by atoms with van der Waals surface area (Å²) in [6.45, 7) is 4.01. The van der Waals surface area contributed by atoms with Gasteiger partial charge in [-0.25, -0.2) is 4.39 Å². The van der Waals surface area contributed by atoms with E-state index in [-0.39, 0.29) is 11.7 Å². The Kier molecular flexibility index (Phi) is 3.22. The van der Waals surface area contributed by atoms with Crippen LogP contribution in [0.5, 0.6) is 0 Å². The van der Waals surface area contributed by atoms with E-state index in [4.69, 9.17) is 10.3 Å². The number of aryl methyl sites for hydroxylation is 2. The SMILES string of the molecule is Cc1cccc(C)c1-c1noc(N)c1-c1cccc(F)c1. The number of nitrogens with two attached hydrogens (primary N) is 1. The molecule has 0 aliphatic heterocycles. The van der Waals surface area contributed by atoms with Gasteiger partial charge in [0.25, 0.3) is 0 Å². The van der Waals surface area contributed by atoms with Gasteiger partial charge in [0.15, 0.2) is 0 Å². The Balaban J connectivity index is 2.27. The van der Waals surface area contributed by atoms with E-state index in [1.54, 1.807) is 12.1 Å². The van der Waals surface area contributed by atoms with E-state index in [2.05, 4.69) is 5.16 Å². The van der Waals surface area contributed by atoms with Gasteiger partial charge >= 0.3 is 0 Å². The van der Waals surface area contributed by atoms with Crippen LogP contribution in [0.15, 0.2) is 47.0 Å². The first kappa shape index (κ1) is 13.4. The van der Waals surface area contributed by atoms with Crippen molar-refractivity contribution in [2.24, 2.45) is 0 Å². The van der Waals surface area contributed by atoms with Gasteiger partial charge in [0.05, 0.1) is 5.56 Å². The number of hydrogen-bond donors (Lipinski definition) is 1. The molecule has 0 amide bonds. The summed E-state index contributed by atoms with van der Waals surface area (Å²) in [7, 11) is 0. The molecule has 0 radical (unpaired) electrons. The van der Waals surface area contributed by atoms with Gasteiger partial charge in [-0.15, -0.1) is 0 Å². The monoisotopic (exact) mass is 282 g/mol. The first-order valence-electron chi connectivity index (χ1n) is 6.65. The predicted octanol–water partition coefficient (Wildman–Crippen LogP) is 4.35. The van der Waals surface area contributed by atoms with E-state index in [0.29, 0.717) is 16.8 Å². The molecule has 2 N–H and O–H groups in total. The Bertz CT molecular complexity index is 788. The summed E-state index contributed by atoms with van der Waals surface area (Å²) in [6, 6.07) is 12.3. The Hall–Kier alpha value is -2.62. The summed E-state index contributed by atoms with van der Waals surface area (Å²) in [5.41, 5.74) is 11.0. The molecule has 3 rings (SSSR count). The number of rotatable bonds is 2. The van der Waals surface area contributed by atoms with Gasteiger partial charge in [-0.05, 0) is 42.7 Å². The lowest BCUT2D eigenvalue weighted by molar-refractivity contribution is 0.439. The minimum absolute atomic E-state index is 0.193. The van der Waals surface area contributed by atoms with Crippen LogP contribution < -0.4 is 5.73 Å². The molecule has 106 valence electrons. The van der Waals surface area contributed by atoms with Crippen LogP contribution in [0.2, 0.25) is 0 Å². The number of aromatic nitrogens is 1. The third kappa shape index (κ3) is 2.29. The van der Waals surface area contributed by atoms with Crippen molar-refractivity contribution >= 4 is 5.88 Å². The molecular formula is C17H15FN2O. The largest absolute Gasteiger partial charge is 0.367 e. The van der Waals surface area contributed by atoms with Gasteiger partial charge in [0.1, 0.15) is 11.5 Å². The molecule has 0 atom stereocenters. The van der Waals surface area contributed by atoms with Gasteiger partial charge < -0.3 is 10.3 Å². The van der Waals surface area contributed by atoms with Crippen LogP contribution in [0.4, 0.5) is 10.3 Å². The van der Waals surface area contributed by atoms with Crippen LogP contribution in [-0.4, -0.2) is 5.16 Å². The molecular weight excluding hydrogens is 267 g/mol. The van der Waals surface area contributed by atoms with Crippen LogP contribution in [0.25, 0.3) is 22.4 Å². The quantitative estimate of drug-likeness (QED) is 0.760. The summed E-state index contributed by atoms with van der Waals surface area (Å²) >= 11 is 0. The fourth-order valence-electron chi connectivity index (χ4n) is 2.58. The maximum absolute atomic E-state index is 13.5. The predicted molar refractivity (Wildman–Crippen MR) is 81.2 cm³/mol. The van der Waals surface area contributed by atoms with E-state index in [1.165, 1.54) is 12.1 Å². The average molecular weight is 282 g/mol. The normalized spacial score (nSPS) is 10.8. The molecule has 3 nitrogen and oxygen atoms in total. The standard InChI is InChI=1S/C17H15FN2O/c1-10-5-3-6-11(2)14(10)16-15(17(19)21-20-16)12-7-4-8-13(18)9-12/h3-9H,19H2,1-2H3. The maximum Gasteiger partial charge on any atom is 0.230 e.